The van der Waals surface area contributed by atoms with Gasteiger partial charge in [0.15, 0.2) is 0 Å². The molecule has 0 aromatic heterocycles. The summed E-state index contributed by atoms with van der Waals surface area (Å²) in [6, 6.07) is 12.4. The molecule has 5 heteroatoms. The summed E-state index contributed by atoms with van der Waals surface area (Å²) in [7, 11) is 0. The standard InChI is InChI=1S/C16H17ClN2O2/c1-11-3-2-4-14(17)15(11)19-16(21)18-13-7-5-12(6-8-13)9-10-20/h2-8,20H,9-10H2,1H3,(H2,18,19,21). The predicted octanol–water partition coefficient (Wildman–Crippen LogP) is 3.83. The van der Waals surface area contributed by atoms with E-state index >= 15 is 0 Å². The second-order valence-corrected chi connectivity index (χ2v) is 5.09. The molecule has 0 fully saturated rings. The quantitative estimate of drug-likeness (QED) is 0.804. The van der Waals surface area contributed by atoms with Gasteiger partial charge in [0, 0.05) is 12.3 Å². The Morgan fingerprint density at radius 1 is 1.14 bits per heavy atom. The van der Waals surface area contributed by atoms with Crippen LogP contribution in [0.2, 0.25) is 5.02 Å². The number of anilines is 2. The fraction of sp³-hybridized carbons (Fsp3) is 0.188. The smallest absolute Gasteiger partial charge is 0.323 e. The number of halogens is 1. The lowest BCUT2D eigenvalue weighted by molar-refractivity contribution is 0.262. The monoisotopic (exact) mass is 304 g/mol. The Kier molecular flexibility index (Phi) is 5.20. The fourth-order valence-electron chi connectivity index (χ4n) is 1.95. The molecule has 2 amide bonds. The van der Waals surface area contributed by atoms with Gasteiger partial charge in [-0.2, -0.15) is 0 Å². The second kappa shape index (κ2) is 7.11. The third-order valence-corrected chi connectivity index (χ3v) is 3.39. The Labute approximate surface area is 128 Å². The van der Waals surface area contributed by atoms with E-state index in [-0.39, 0.29) is 12.6 Å². The molecule has 2 aromatic rings. The first-order valence-corrected chi connectivity index (χ1v) is 7.01. The molecule has 110 valence electrons. The van der Waals surface area contributed by atoms with Crippen molar-refractivity contribution in [2.45, 2.75) is 13.3 Å². The third kappa shape index (κ3) is 4.21. The molecule has 21 heavy (non-hydrogen) atoms. The Morgan fingerprint density at radius 3 is 2.48 bits per heavy atom. The van der Waals surface area contributed by atoms with E-state index in [0.29, 0.717) is 22.8 Å². The Morgan fingerprint density at radius 2 is 1.86 bits per heavy atom. The van der Waals surface area contributed by atoms with E-state index in [4.69, 9.17) is 16.7 Å². The van der Waals surface area contributed by atoms with Crippen LogP contribution in [0.4, 0.5) is 16.2 Å². The summed E-state index contributed by atoms with van der Waals surface area (Å²) in [5.74, 6) is 0. The number of nitrogens with one attached hydrogen (secondary N) is 2. The van der Waals surface area contributed by atoms with Gasteiger partial charge in [0.05, 0.1) is 10.7 Å². The van der Waals surface area contributed by atoms with Crippen LogP contribution in [0.5, 0.6) is 0 Å². The van der Waals surface area contributed by atoms with Crippen molar-refractivity contribution in [1.82, 2.24) is 0 Å². The van der Waals surface area contributed by atoms with E-state index in [1.807, 2.05) is 31.2 Å². The molecule has 0 unspecified atom stereocenters. The van der Waals surface area contributed by atoms with Gasteiger partial charge >= 0.3 is 6.03 Å². The van der Waals surface area contributed by atoms with E-state index in [9.17, 15) is 4.79 Å². The summed E-state index contributed by atoms with van der Waals surface area (Å²) in [5, 5.41) is 14.8. The van der Waals surface area contributed by atoms with Gasteiger partial charge in [0.25, 0.3) is 0 Å². The first-order chi connectivity index (χ1) is 10.1. The van der Waals surface area contributed by atoms with Gasteiger partial charge in [-0.25, -0.2) is 4.79 Å². The van der Waals surface area contributed by atoms with Crippen LogP contribution < -0.4 is 10.6 Å². The van der Waals surface area contributed by atoms with Crippen molar-refractivity contribution in [3.8, 4) is 0 Å². The molecule has 0 bridgehead atoms. The summed E-state index contributed by atoms with van der Waals surface area (Å²) < 4.78 is 0. The highest BCUT2D eigenvalue weighted by atomic mass is 35.5. The molecule has 0 atom stereocenters. The molecular formula is C16H17ClN2O2. The Balaban J connectivity index is 2.01. The summed E-state index contributed by atoms with van der Waals surface area (Å²) in [6.45, 7) is 1.99. The number of rotatable bonds is 4. The van der Waals surface area contributed by atoms with Crippen molar-refractivity contribution < 1.29 is 9.90 Å². The number of hydrogen-bond donors (Lipinski definition) is 3. The van der Waals surface area contributed by atoms with E-state index < -0.39 is 0 Å². The molecular weight excluding hydrogens is 288 g/mol. The topological polar surface area (TPSA) is 61.4 Å². The lowest BCUT2D eigenvalue weighted by atomic mass is 10.1. The SMILES string of the molecule is Cc1cccc(Cl)c1NC(=O)Nc1ccc(CCO)cc1. The molecule has 0 spiro atoms. The van der Waals surface area contributed by atoms with Crippen LogP contribution in [0.25, 0.3) is 0 Å². The zero-order valence-electron chi connectivity index (χ0n) is 11.7. The number of hydrogen-bond acceptors (Lipinski definition) is 2. The van der Waals surface area contributed by atoms with E-state index in [0.717, 1.165) is 11.1 Å². The van der Waals surface area contributed by atoms with Crippen molar-refractivity contribution >= 4 is 29.0 Å². The fourth-order valence-corrected chi connectivity index (χ4v) is 2.22. The van der Waals surface area contributed by atoms with Crippen LogP contribution in [-0.4, -0.2) is 17.7 Å². The molecule has 0 saturated heterocycles. The van der Waals surface area contributed by atoms with Crippen LogP contribution in [-0.2, 0) is 6.42 Å². The summed E-state index contributed by atoms with van der Waals surface area (Å²) >= 11 is 6.07. The van der Waals surface area contributed by atoms with Gasteiger partial charge in [0.1, 0.15) is 0 Å². The number of aryl methyl sites for hydroxylation is 1. The number of benzene rings is 2. The first kappa shape index (κ1) is 15.4. The lowest BCUT2D eigenvalue weighted by Crippen LogP contribution is -2.20. The Bertz CT molecular complexity index is 606. The van der Waals surface area contributed by atoms with Crippen LogP contribution >= 0.6 is 11.6 Å². The molecule has 0 radical (unpaired) electrons. The normalized spacial score (nSPS) is 10.2. The number of urea groups is 1. The number of para-hydroxylation sites is 1. The third-order valence-electron chi connectivity index (χ3n) is 3.07. The largest absolute Gasteiger partial charge is 0.396 e. The van der Waals surface area contributed by atoms with Crippen LogP contribution in [0.1, 0.15) is 11.1 Å². The summed E-state index contributed by atoms with van der Waals surface area (Å²) in [6.07, 6.45) is 0.602. The van der Waals surface area contributed by atoms with Crippen LogP contribution in [0.3, 0.4) is 0 Å². The average Bonchev–Trinajstić information content (AvgIpc) is 2.45. The van der Waals surface area contributed by atoms with Gasteiger partial charge in [-0.05, 0) is 42.7 Å². The molecule has 0 saturated carbocycles. The molecule has 0 heterocycles. The highest BCUT2D eigenvalue weighted by Crippen LogP contribution is 2.25. The zero-order chi connectivity index (χ0) is 15.2. The number of amides is 2. The minimum absolute atomic E-state index is 0.110. The van der Waals surface area contributed by atoms with E-state index in [1.54, 1.807) is 18.2 Å². The summed E-state index contributed by atoms with van der Waals surface area (Å²) in [5.41, 5.74) is 3.20. The van der Waals surface area contributed by atoms with Crippen molar-refractivity contribution in [3.63, 3.8) is 0 Å². The van der Waals surface area contributed by atoms with Crippen molar-refractivity contribution in [2.24, 2.45) is 0 Å². The number of carbonyl (C=O) groups excluding carboxylic acids is 1. The highest BCUT2D eigenvalue weighted by Gasteiger charge is 2.08. The number of carbonyl (C=O) groups is 1. The molecule has 3 N–H and O–H groups in total. The minimum Gasteiger partial charge on any atom is -0.396 e. The van der Waals surface area contributed by atoms with Gasteiger partial charge in [-0.3, -0.25) is 0 Å². The predicted molar refractivity (Wildman–Crippen MR) is 86.1 cm³/mol. The molecule has 0 aliphatic heterocycles. The first-order valence-electron chi connectivity index (χ1n) is 6.63. The van der Waals surface area contributed by atoms with Crippen molar-refractivity contribution in [1.29, 1.82) is 0 Å². The van der Waals surface area contributed by atoms with E-state index in [1.165, 1.54) is 0 Å². The van der Waals surface area contributed by atoms with Gasteiger partial charge in [0.2, 0.25) is 0 Å². The van der Waals surface area contributed by atoms with Crippen LogP contribution in [0.15, 0.2) is 42.5 Å². The molecule has 2 aromatic carbocycles. The second-order valence-electron chi connectivity index (χ2n) is 4.68. The van der Waals surface area contributed by atoms with E-state index in [2.05, 4.69) is 10.6 Å². The number of aliphatic hydroxyl groups is 1. The maximum atomic E-state index is 12.0. The minimum atomic E-state index is -0.346. The van der Waals surface area contributed by atoms with Crippen molar-refractivity contribution in [2.75, 3.05) is 17.2 Å². The highest BCUT2D eigenvalue weighted by molar-refractivity contribution is 6.34. The molecule has 4 nitrogen and oxygen atoms in total. The number of aliphatic hydroxyl groups excluding tert-OH is 1. The lowest BCUT2D eigenvalue weighted by Gasteiger charge is -2.11. The zero-order valence-corrected chi connectivity index (χ0v) is 12.4. The molecule has 0 aliphatic carbocycles. The Hall–Kier alpha value is -2.04. The van der Waals surface area contributed by atoms with Gasteiger partial charge in [-0.1, -0.05) is 35.9 Å². The van der Waals surface area contributed by atoms with Gasteiger partial charge in [-0.15, -0.1) is 0 Å². The molecule has 0 aliphatic rings. The molecule has 2 rings (SSSR count). The maximum Gasteiger partial charge on any atom is 0.323 e. The average molecular weight is 305 g/mol. The van der Waals surface area contributed by atoms with Crippen LogP contribution in [0, 0.1) is 6.92 Å². The van der Waals surface area contributed by atoms with Crippen molar-refractivity contribution in [3.05, 3.63) is 58.6 Å². The summed E-state index contributed by atoms with van der Waals surface area (Å²) in [4.78, 5) is 12.0. The van der Waals surface area contributed by atoms with Gasteiger partial charge < -0.3 is 15.7 Å². The maximum absolute atomic E-state index is 12.0.